The van der Waals surface area contributed by atoms with Gasteiger partial charge in [-0.15, -0.1) is 0 Å². The van der Waals surface area contributed by atoms with Crippen LogP contribution in [0.1, 0.15) is 20.7 Å². The van der Waals surface area contributed by atoms with E-state index in [1.165, 1.54) is 18.2 Å². The van der Waals surface area contributed by atoms with E-state index in [0.717, 1.165) is 6.07 Å². The number of carbonyl (C=O) groups excluding carboxylic acids is 2. The number of nitrogens with two attached hydrogens (primary N) is 2. The van der Waals surface area contributed by atoms with Crippen molar-refractivity contribution in [2.75, 3.05) is 11.1 Å². The van der Waals surface area contributed by atoms with E-state index in [1.54, 1.807) is 12.1 Å². The fourth-order valence-electron chi connectivity index (χ4n) is 1.71. The van der Waals surface area contributed by atoms with Crippen LogP contribution in [0.2, 0.25) is 0 Å². The van der Waals surface area contributed by atoms with Crippen molar-refractivity contribution in [1.82, 2.24) is 0 Å². The second kappa shape index (κ2) is 5.92. The largest absolute Gasteiger partial charge is 0.399 e. The van der Waals surface area contributed by atoms with E-state index in [1.807, 2.05) is 0 Å². The van der Waals surface area contributed by atoms with Gasteiger partial charge in [0.05, 0.1) is 11.1 Å². The predicted molar refractivity (Wildman–Crippen MR) is 81.4 cm³/mol. The molecule has 5 N–H and O–H groups in total. The smallest absolute Gasteiger partial charge is 0.256 e. The van der Waals surface area contributed by atoms with Gasteiger partial charge in [0.2, 0.25) is 0 Å². The molecule has 0 bridgehead atoms. The van der Waals surface area contributed by atoms with E-state index >= 15 is 0 Å². The first-order valence-electron chi connectivity index (χ1n) is 5.84. The average Bonchev–Trinajstić information content (AvgIpc) is 2.43. The van der Waals surface area contributed by atoms with E-state index in [9.17, 15) is 14.0 Å². The zero-order valence-corrected chi connectivity index (χ0v) is 12.3. The van der Waals surface area contributed by atoms with Crippen LogP contribution >= 0.6 is 15.9 Å². The normalized spacial score (nSPS) is 10.2. The first kappa shape index (κ1) is 15.0. The molecule has 0 spiro atoms. The molecule has 0 aliphatic rings. The third kappa shape index (κ3) is 3.38. The SMILES string of the molecule is NC(=O)c1cc(NC(=O)c2cc(N)ccc2Br)ccc1F. The topological polar surface area (TPSA) is 98.2 Å². The van der Waals surface area contributed by atoms with Gasteiger partial charge in [-0.05, 0) is 52.3 Å². The number of nitrogen functional groups attached to an aromatic ring is 1. The summed E-state index contributed by atoms with van der Waals surface area (Å²) in [6.45, 7) is 0. The molecule has 2 amide bonds. The molecular formula is C14H11BrFN3O2. The lowest BCUT2D eigenvalue weighted by Crippen LogP contribution is -2.16. The molecule has 0 aromatic heterocycles. The third-order valence-corrected chi connectivity index (χ3v) is 3.42. The molecule has 0 fully saturated rings. The van der Waals surface area contributed by atoms with Crippen molar-refractivity contribution < 1.29 is 14.0 Å². The Morgan fingerprint density at radius 3 is 2.48 bits per heavy atom. The van der Waals surface area contributed by atoms with Gasteiger partial charge in [-0.2, -0.15) is 0 Å². The highest BCUT2D eigenvalue weighted by Gasteiger charge is 2.13. The predicted octanol–water partition coefficient (Wildman–Crippen LogP) is 2.52. The van der Waals surface area contributed by atoms with Crippen molar-refractivity contribution in [2.45, 2.75) is 0 Å². The highest BCUT2D eigenvalue weighted by molar-refractivity contribution is 9.10. The van der Waals surface area contributed by atoms with Gasteiger partial charge in [-0.1, -0.05) is 0 Å². The summed E-state index contributed by atoms with van der Waals surface area (Å²) in [5.41, 5.74) is 11.4. The van der Waals surface area contributed by atoms with Crippen molar-refractivity contribution in [3.8, 4) is 0 Å². The molecule has 0 saturated heterocycles. The maximum Gasteiger partial charge on any atom is 0.256 e. The molecule has 0 unspecified atom stereocenters. The van der Waals surface area contributed by atoms with Crippen LogP contribution < -0.4 is 16.8 Å². The monoisotopic (exact) mass is 351 g/mol. The number of anilines is 2. The lowest BCUT2D eigenvalue weighted by Gasteiger charge is -2.09. The van der Waals surface area contributed by atoms with Gasteiger partial charge >= 0.3 is 0 Å². The summed E-state index contributed by atoms with van der Waals surface area (Å²) >= 11 is 3.24. The Hall–Kier alpha value is -2.41. The van der Waals surface area contributed by atoms with E-state index in [4.69, 9.17) is 11.5 Å². The summed E-state index contributed by atoms with van der Waals surface area (Å²) in [6, 6.07) is 8.35. The molecule has 21 heavy (non-hydrogen) atoms. The molecule has 0 aliphatic heterocycles. The number of hydrogen-bond acceptors (Lipinski definition) is 3. The minimum atomic E-state index is -0.909. The van der Waals surface area contributed by atoms with Gasteiger partial charge in [-0.3, -0.25) is 9.59 Å². The van der Waals surface area contributed by atoms with Crippen LogP contribution in [0.3, 0.4) is 0 Å². The van der Waals surface area contributed by atoms with E-state index < -0.39 is 17.6 Å². The summed E-state index contributed by atoms with van der Waals surface area (Å²) in [5, 5.41) is 2.55. The second-order valence-corrected chi connectivity index (χ2v) is 5.11. The highest BCUT2D eigenvalue weighted by Crippen LogP contribution is 2.21. The number of amides is 2. The van der Waals surface area contributed by atoms with Crippen LogP contribution in [0.25, 0.3) is 0 Å². The van der Waals surface area contributed by atoms with Gasteiger partial charge < -0.3 is 16.8 Å². The number of carbonyl (C=O) groups is 2. The Morgan fingerprint density at radius 1 is 1.10 bits per heavy atom. The summed E-state index contributed by atoms with van der Waals surface area (Å²) < 4.78 is 13.9. The molecular weight excluding hydrogens is 341 g/mol. The van der Waals surface area contributed by atoms with Crippen molar-refractivity contribution >= 4 is 39.1 Å². The van der Waals surface area contributed by atoms with Gasteiger partial charge in [0.15, 0.2) is 0 Å². The molecule has 0 radical (unpaired) electrons. The molecule has 2 aromatic rings. The van der Waals surface area contributed by atoms with Crippen molar-refractivity contribution in [3.05, 3.63) is 57.8 Å². The Balaban J connectivity index is 2.29. The fraction of sp³-hybridized carbons (Fsp3) is 0. The van der Waals surface area contributed by atoms with Crippen LogP contribution in [0.4, 0.5) is 15.8 Å². The Morgan fingerprint density at radius 2 is 1.81 bits per heavy atom. The summed E-state index contributed by atoms with van der Waals surface area (Å²) in [7, 11) is 0. The second-order valence-electron chi connectivity index (χ2n) is 4.25. The zero-order valence-electron chi connectivity index (χ0n) is 10.7. The number of hydrogen-bond donors (Lipinski definition) is 3. The summed E-state index contributed by atoms with van der Waals surface area (Å²) in [4.78, 5) is 23.2. The lowest BCUT2D eigenvalue weighted by atomic mass is 10.1. The van der Waals surface area contributed by atoms with Crippen LogP contribution in [0, 0.1) is 5.82 Å². The number of primary amides is 1. The molecule has 7 heteroatoms. The summed E-state index contributed by atoms with van der Waals surface area (Å²) in [5.74, 6) is -2.10. The number of halogens is 2. The number of benzene rings is 2. The van der Waals surface area contributed by atoms with E-state index in [-0.39, 0.29) is 11.3 Å². The van der Waals surface area contributed by atoms with Gasteiger partial charge in [0.1, 0.15) is 5.82 Å². The van der Waals surface area contributed by atoms with Crippen LogP contribution in [-0.4, -0.2) is 11.8 Å². The molecule has 0 saturated carbocycles. The number of rotatable bonds is 3. The zero-order chi connectivity index (χ0) is 15.6. The fourth-order valence-corrected chi connectivity index (χ4v) is 2.13. The lowest BCUT2D eigenvalue weighted by molar-refractivity contribution is 0.0992. The van der Waals surface area contributed by atoms with Gasteiger partial charge in [0, 0.05) is 15.8 Å². The first-order valence-corrected chi connectivity index (χ1v) is 6.63. The van der Waals surface area contributed by atoms with E-state index in [0.29, 0.717) is 15.7 Å². The molecule has 108 valence electrons. The van der Waals surface area contributed by atoms with Crippen LogP contribution in [0.5, 0.6) is 0 Å². The van der Waals surface area contributed by atoms with Gasteiger partial charge in [-0.25, -0.2) is 4.39 Å². The van der Waals surface area contributed by atoms with E-state index in [2.05, 4.69) is 21.2 Å². The van der Waals surface area contributed by atoms with Crippen LogP contribution in [0.15, 0.2) is 40.9 Å². The molecule has 0 atom stereocenters. The van der Waals surface area contributed by atoms with Gasteiger partial charge in [0.25, 0.3) is 11.8 Å². The minimum Gasteiger partial charge on any atom is -0.399 e. The molecule has 5 nitrogen and oxygen atoms in total. The molecule has 0 aliphatic carbocycles. The molecule has 2 rings (SSSR count). The standard InChI is InChI=1S/C14H11BrFN3O2/c15-11-3-1-7(17)5-9(11)14(21)19-8-2-4-12(16)10(6-8)13(18)20/h1-6H,17H2,(H2,18,20)(H,19,21). The van der Waals surface area contributed by atoms with Crippen molar-refractivity contribution in [3.63, 3.8) is 0 Å². The quantitative estimate of drug-likeness (QED) is 0.741. The van der Waals surface area contributed by atoms with Crippen molar-refractivity contribution in [2.24, 2.45) is 5.73 Å². The third-order valence-electron chi connectivity index (χ3n) is 2.72. The van der Waals surface area contributed by atoms with Crippen LogP contribution in [-0.2, 0) is 0 Å². The Bertz CT molecular complexity index is 734. The molecule has 0 heterocycles. The maximum atomic E-state index is 13.4. The Labute approximate surface area is 128 Å². The highest BCUT2D eigenvalue weighted by atomic mass is 79.9. The average molecular weight is 352 g/mol. The number of nitrogens with one attached hydrogen (secondary N) is 1. The van der Waals surface area contributed by atoms with Crippen molar-refractivity contribution in [1.29, 1.82) is 0 Å². The molecule has 2 aromatic carbocycles. The Kier molecular flexibility index (Phi) is 4.23. The maximum absolute atomic E-state index is 13.4. The minimum absolute atomic E-state index is 0.254. The summed E-state index contributed by atoms with van der Waals surface area (Å²) in [6.07, 6.45) is 0. The first-order chi connectivity index (χ1) is 9.88.